The molecule has 0 saturated carbocycles. The van der Waals surface area contributed by atoms with Gasteiger partial charge in [-0.1, -0.05) is 68.4 Å². The second kappa shape index (κ2) is 16.8. The number of aliphatic hydroxyl groups excluding tert-OH is 1. The number of hydrogen-bond acceptors (Lipinski definition) is 2. The van der Waals surface area contributed by atoms with Crippen molar-refractivity contribution >= 4 is 5.97 Å². The van der Waals surface area contributed by atoms with E-state index in [1.165, 1.54) is 25.7 Å². The highest BCUT2D eigenvalue weighted by Gasteiger charge is 2.01. The zero-order chi connectivity index (χ0) is 17.2. The Hall–Kier alpha value is -1.61. The Kier molecular flexibility index (Phi) is 15.6. The van der Waals surface area contributed by atoms with Gasteiger partial charge in [-0.15, -0.1) is 0 Å². The predicted octanol–water partition coefficient (Wildman–Crippen LogP) is 5.19. The summed E-state index contributed by atoms with van der Waals surface area (Å²) in [4.78, 5) is 10.3. The van der Waals surface area contributed by atoms with E-state index in [2.05, 4.69) is 31.2 Å². The lowest BCUT2D eigenvalue weighted by Gasteiger charge is -2.02. The van der Waals surface area contributed by atoms with Crippen molar-refractivity contribution in [2.75, 3.05) is 0 Å². The first-order chi connectivity index (χ1) is 11.2. The van der Waals surface area contributed by atoms with E-state index in [4.69, 9.17) is 5.11 Å². The zero-order valence-corrected chi connectivity index (χ0v) is 14.4. The molecule has 3 nitrogen and oxygen atoms in total. The molecular weight excluding hydrogens is 288 g/mol. The van der Waals surface area contributed by atoms with Crippen LogP contribution in [0.2, 0.25) is 0 Å². The molecule has 0 heterocycles. The maximum absolute atomic E-state index is 10.3. The summed E-state index contributed by atoms with van der Waals surface area (Å²) in [5, 5.41) is 18.1. The summed E-state index contributed by atoms with van der Waals surface area (Å²) < 4.78 is 0. The lowest BCUT2D eigenvalue weighted by Crippen LogP contribution is -2.03. The molecule has 0 amide bonds. The van der Waals surface area contributed by atoms with Gasteiger partial charge in [-0.2, -0.15) is 0 Å². The second-order valence-corrected chi connectivity index (χ2v) is 5.58. The largest absolute Gasteiger partial charge is 0.481 e. The number of allylic oxidation sites excluding steroid dienone is 7. The van der Waals surface area contributed by atoms with Gasteiger partial charge < -0.3 is 10.2 Å². The highest BCUT2D eigenvalue weighted by Crippen LogP contribution is 2.03. The van der Waals surface area contributed by atoms with Crippen LogP contribution >= 0.6 is 0 Å². The van der Waals surface area contributed by atoms with Crippen LogP contribution in [0, 0.1) is 0 Å². The molecule has 0 bridgehead atoms. The van der Waals surface area contributed by atoms with Gasteiger partial charge >= 0.3 is 5.97 Å². The van der Waals surface area contributed by atoms with E-state index in [0.29, 0.717) is 12.8 Å². The van der Waals surface area contributed by atoms with Crippen molar-refractivity contribution in [3.63, 3.8) is 0 Å². The van der Waals surface area contributed by atoms with Gasteiger partial charge in [0.1, 0.15) is 0 Å². The Balaban J connectivity index is 3.59. The molecule has 0 aromatic heterocycles. The first kappa shape index (κ1) is 21.4. The van der Waals surface area contributed by atoms with Gasteiger partial charge in [0.15, 0.2) is 0 Å². The standard InChI is InChI=1S/C20H32O3/c1-2-3-4-5-6-7-8-9-10-11-12-13-14-16-19(21)17-15-18-20(22)23/h6-7,9-10,12-14,16,19,21H,2-5,8,11,15,17-18H2,1H3,(H,22,23)/b7-6+,10-9-,13-12+,16-14+/t19-/m0/s1. The van der Waals surface area contributed by atoms with Crippen LogP contribution in [0.1, 0.15) is 64.7 Å². The lowest BCUT2D eigenvalue weighted by molar-refractivity contribution is -0.137. The normalized spacial score (nSPS) is 13.8. The maximum atomic E-state index is 10.3. The highest BCUT2D eigenvalue weighted by molar-refractivity contribution is 5.66. The summed E-state index contributed by atoms with van der Waals surface area (Å²) in [6.07, 6.45) is 23.6. The topological polar surface area (TPSA) is 57.5 Å². The molecule has 0 spiro atoms. The van der Waals surface area contributed by atoms with Crippen molar-refractivity contribution < 1.29 is 15.0 Å². The molecule has 1 atom stereocenters. The number of aliphatic carboxylic acids is 1. The average molecular weight is 320 g/mol. The molecule has 0 aliphatic heterocycles. The van der Waals surface area contributed by atoms with Gasteiger partial charge in [0.2, 0.25) is 0 Å². The number of carboxylic acids is 1. The van der Waals surface area contributed by atoms with Crippen LogP contribution in [-0.2, 0) is 4.79 Å². The summed E-state index contributed by atoms with van der Waals surface area (Å²) in [6.45, 7) is 2.22. The Morgan fingerprint density at radius 2 is 1.65 bits per heavy atom. The second-order valence-electron chi connectivity index (χ2n) is 5.58. The van der Waals surface area contributed by atoms with Crippen molar-refractivity contribution in [3.05, 3.63) is 48.6 Å². The third kappa shape index (κ3) is 18.3. The molecular formula is C20H32O3. The van der Waals surface area contributed by atoms with Gasteiger partial charge in [-0.05, 0) is 38.5 Å². The van der Waals surface area contributed by atoms with Gasteiger partial charge in [-0.3, -0.25) is 4.79 Å². The van der Waals surface area contributed by atoms with Crippen LogP contribution in [0.25, 0.3) is 0 Å². The molecule has 130 valence electrons. The Morgan fingerprint density at radius 1 is 0.957 bits per heavy atom. The number of hydrogen-bond donors (Lipinski definition) is 2. The molecule has 0 saturated heterocycles. The van der Waals surface area contributed by atoms with E-state index in [0.717, 1.165) is 12.8 Å². The van der Waals surface area contributed by atoms with Crippen molar-refractivity contribution in [1.82, 2.24) is 0 Å². The Morgan fingerprint density at radius 3 is 2.35 bits per heavy atom. The van der Waals surface area contributed by atoms with Crippen molar-refractivity contribution in [2.24, 2.45) is 0 Å². The van der Waals surface area contributed by atoms with Crippen LogP contribution in [0.5, 0.6) is 0 Å². The fourth-order valence-corrected chi connectivity index (χ4v) is 1.98. The minimum atomic E-state index is -0.816. The molecule has 23 heavy (non-hydrogen) atoms. The monoisotopic (exact) mass is 320 g/mol. The molecule has 0 rings (SSSR count). The van der Waals surface area contributed by atoms with Gasteiger partial charge in [0.25, 0.3) is 0 Å². The van der Waals surface area contributed by atoms with E-state index < -0.39 is 12.1 Å². The fourth-order valence-electron chi connectivity index (χ4n) is 1.98. The van der Waals surface area contributed by atoms with E-state index >= 15 is 0 Å². The van der Waals surface area contributed by atoms with Crippen LogP contribution in [0.3, 0.4) is 0 Å². The summed E-state index contributed by atoms with van der Waals surface area (Å²) in [6, 6.07) is 0. The minimum Gasteiger partial charge on any atom is -0.481 e. The van der Waals surface area contributed by atoms with E-state index in [9.17, 15) is 9.90 Å². The fraction of sp³-hybridized carbons (Fsp3) is 0.550. The number of unbranched alkanes of at least 4 members (excludes halogenated alkanes) is 3. The molecule has 0 aliphatic rings. The summed E-state index contributed by atoms with van der Waals surface area (Å²) in [5.74, 6) is -0.816. The summed E-state index contributed by atoms with van der Waals surface area (Å²) >= 11 is 0. The quantitative estimate of drug-likeness (QED) is 0.263. The maximum Gasteiger partial charge on any atom is 0.303 e. The first-order valence-corrected chi connectivity index (χ1v) is 8.70. The SMILES string of the molecule is CCCCC/C=C/C/C=C\C/C=C/C=C/[C@H](O)CCCC(=O)O. The number of rotatable bonds is 14. The summed E-state index contributed by atoms with van der Waals surface area (Å²) in [7, 11) is 0. The van der Waals surface area contributed by atoms with Crippen LogP contribution < -0.4 is 0 Å². The van der Waals surface area contributed by atoms with Crippen LogP contribution in [0.4, 0.5) is 0 Å². The van der Waals surface area contributed by atoms with E-state index in [1.54, 1.807) is 6.08 Å². The van der Waals surface area contributed by atoms with Crippen LogP contribution in [-0.4, -0.2) is 22.3 Å². The molecule has 0 aromatic rings. The van der Waals surface area contributed by atoms with Gasteiger partial charge in [-0.25, -0.2) is 0 Å². The van der Waals surface area contributed by atoms with E-state index in [1.807, 2.05) is 18.2 Å². The molecule has 0 radical (unpaired) electrons. The first-order valence-electron chi connectivity index (χ1n) is 8.70. The van der Waals surface area contributed by atoms with Gasteiger partial charge in [0.05, 0.1) is 6.10 Å². The molecule has 0 aromatic carbocycles. The minimum absolute atomic E-state index is 0.110. The van der Waals surface area contributed by atoms with Crippen LogP contribution in [0.15, 0.2) is 48.6 Å². The highest BCUT2D eigenvalue weighted by atomic mass is 16.4. The summed E-state index contributed by atoms with van der Waals surface area (Å²) in [5.41, 5.74) is 0. The zero-order valence-electron chi connectivity index (χ0n) is 14.4. The van der Waals surface area contributed by atoms with Crippen molar-refractivity contribution in [3.8, 4) is 0 Å². The molecule has 0 unspecified atom stereocenters. The van der Waals surface area contributed by atoms with Gasteiger partial charge in [0, 0.05) is 6.42 Å². The average Bonchev–Trinajstić information content (AvgIpc) is 2.51. The molecule has 0 fully saturated rings. The number of aliphatic hydroxyl groups is 1. The smallest absolute Gasteiger partial charge is 0.303 e. The molecule has 3 heteroatoms. The Labute approximate surface area is 141 Å². The molecule has 2 N–H and O–H groups in total. The number of carbonyl (C=O) groups is 1. The third-order valence-electron chi connectivity index (χ3n) is 3.32. The van der Waals surface area contributed by atoms with E-state index in [-0.39, 0.29) is 6.42 Å². The predicted molar refractivity (Wildman–Crippen MR) is 97.4 cm³/mol. The van der Waals surface area contributed by atoms with Crippen molar-refractivity contribution in [1.29, 1.82) is 0 Å². The third-order valence-corrected chi connectivity index (χ3v) is 3.32. The molecule has 0 aliphatic carbocycles. The number of carboxylic acid groups (broad SMARTS) is 1. The van der Waals surface area contributed by atoms with Crippen molar-refractivity contribution in [2.45, 2.75) is 70.8 Å². The lowest BCUT2D eigenvalue weighted by atomic mass is 10.1. The Bertz CT molecular complexity index is 392.